The third-order valence-electron chi connectivity index (χ3n) is 3.65. The summed E-state index contributed by atoms with van der Waals surface area (Å²) in [7, 11) is 0. The minimum atomic E-state index is -0.200. The number of hydrogen-bond donors (Lipinski definition) is 2. The highest BCUT2D eigenvalue weighted by atomic mass is 16.5. The second-order valence-electron chi connectivity index (χ2n) is 5.98. The first-order chi connectivity index (χ1) is 9.46. The Morgan fingerprint density at radius 2 is 2.25 bits per heavy atom. The van der Waals surface area contributed by atoms with Crippen molar-refractivity contribution < 1.29 is 9.53 Å². The van der Waals surface area contributed by atoms with Crippen LogP contribution in [0.1, 0.15) is 31.9 Å². The van der Waals surface area contributed by atoms with Gasteiger partial charge in [-0.05, 0) is 38.3 Å². The zero-order valence-corrected chi connectivity index (χ0v) is 12.5. The normalized spacial score (nSPS) is 17.2. The monoisotopic (exact) mass is 276 g/mol. The van der Waals surface area contributed by atoms with E-state index in [4.69, 9.17) is 10.5 Å². The molecule has 1 aliphatic heterocycles. The summed E-state index contributed by atoms with van der Waals surface area (Å²) in [5, 5.41) is 2.84. The van der Waals surface area contributed by atoms with Gasteiger partial charge in [-0.2, -0.15) is 0 Å². The van der Waals surface area contributed by atoms with Crippen molar-refractivity contribution in [3.63, 3.8) is 0 Å². The van der Waals surface area contributed by atoms with Crippen molar-refractivity contribution in [2.75, 3.05) is 13.1 Å². The lowest BCUT2D eigenvalue weighted by Gasteiger charge is -2.20. The molecular weight excluding hydrogens is 252 g/mol. The highest BCUT2D eigenvalue weighted by molar-refractivity contribution is 5.79. The van der Waals surface area contributed by atoms with Crippen LogP contribution in [0.4, 0.5) is 0 Å². The molecule has 0 spiro atoms. The fourth-order valence-electron chi connectivity index (χ4n) is 2.71. The molecule has 1 unspecified atom stereocenters. The van der Waals surface area contributed by atoms with E-state index in [0.29, 0.717) is 19.5 Å². The van der Waals surface area contributed by atoms with Crippen LogP contribution in [0.25, 0.3) is 0 Å². The lowest BCUT2D eigenvalue weighted by atomic mass is 9.95. The van der Waals surface area contributed by atoms with Gasteiger partial charge < -0.3 is 15.8 Å². The summed E-state index contributed by atoms with van der Waals surface area (Å²) in [5.74, 6) is 0.763. The Hall–Kier alpha value is -1.55. The molecule has 1 atom stereocenters. The van der Waals surface area contributed by atoms with Gasteiger partial charge in [0.05, 0.1) is 5.92 Å². The lowest BCUT2D eigenvalue weighted by molar-refractivity contribution is -0.124. The minimum absolute atomic E-state index is 0.0184. The summed E-state index contributed by atoms with van der Waals surface area (Å²) in [6.07, 6.45) is 1.53. The number of carbonyl (C=O) groups excluding carboxylic acids is 1. The van der Waals surface area contributed by atoms with E-state index in [1.807, 2.05) is 19.1 Å². The molecule has 1 heterocycles. The van der Waals surface area contributed by atoms with Gasteiger partial charge in [0.2, 0.25) is 5.91 Å². The minimum Gasteiger partial charge on any atom is -0.487 e. The van der Waals surface area contributed by atoms with Crippen molar-refractivity contribution in [1.29, 1.82) is 0 Å². The summed E-state index contributed by atoms with van der Waals surface area (Å²) in [4.78, 5) is 12.0. The average Bonchev–Trinajstić information content (AvgIpc) is 2.70. The SMILES string of the molecule is CCNC(=O)C(CN)Cc1cccc2c1OC(C)(C)C2. The van der Waals surface area contributed by atoms with Crippen LogP contribution in [0, 0.1) is 5.92 Å². The van der Waals surface area contributed by atoms with Crippen LogP contribution in [0.3, 0.4) is 0 Å². The molecule has 0 aromatic heterocycles. The van der Waals surface area contributed by atoms with E-state index < -0.39 is 0 Å². The van der Waals surface area contributed by atoms with E-state index in [0.717, 1.165) is 17.7 Å². The van der Waals surface area contributed by atoms with Gasteiger partial charge in [-0.25, -0.2) is 0 Å². The number of fused-ring (bicyclic) bond motifs is 1. The van der Waals surface area contributed by atoms with Crippen LogP contribution < -0.4 is 15.8 Å². The maximum absolute atomic E-state index is 12.0. The van der Waals surface area contributed by atoms with Crippen molar-refractivity contribution in [2.24, 2.45) is 11.7 Å². The van der Waals surface area contributed by atoms with Gasteiger partial charge in [-0.1, -0.05) is 18.2 Å². The van der Waals surface area contributed by atoms with E-state index in [-0.39, 0.29) is 17.4 Å². The van der Waals surface area contributed by atoms with Crippen LogP contribution in [-0.4, -0.2) is 24.6 Å². The number of amides is 1. The van der Waals surface area contributed by atoms with E-state index in [1.165, 1.54) is 5.56 Å². The van der Waals surface area contributed by atoms with Crippen LogP contribution >= 0.6 is 0 Å². The molecular formula is C16H24N2O2. The number of ether oxygens (including phenoxy) is 1. The van der Waals surface area contributed by atoms with E-state index >= 15 is 0 Å². The Morgan fingerprint density at radius 1 is 1.50 bits per heavy atom. The number of hydrogen-bond acceptors (Lipinski definition) is 3. The van der Waals surface area contributed by atoms with Gasteiger partial charge in [0.25, 0.3) is 0 Å². The molecule has 4 heteroatoms. The van der Waals surface area contributed by atoms with Crippen molar-refractivity contribution in [3.8, 4) is 5.75 Å². The largest absolute Gasteiger partial charge is 0.487 e. The van der Waals surface area contributed by atoms with Gasteiger partial charge >= 0.3 is 0 Å². The Balaban J connectivity index is 2.19. The predicted octanol–water partition coefficient (Wildman–Crippen LogP) is 1.65. The number of carbonyl (C=O) groups is 1. The third kappa shape index (κ3) is 3.12. The van der Waals surface area contributed by atoms with Gasteiger partial charge in [0, 0.05) is 19.5 Å². The van der Waals surface area contributed by atoms with Gasteiger partial charge in [-0.3, -0.25) is 4.79 Å². The number of para-hydroxylation sites is 1. The topological polar surface area (TPSA) is 64.4 Å². The Morgan fingerprint density at radius 3 is 2.90 bits per heavy atom. The zero-order chi connectivity index (χ0) is 14.8. The molecule has 20 heavy (non-hydrogen) atoms. The van der Waals surface area contributed by atoms with E-state index in [9.17, 15) is 4.79 Å². The fourth-order valence-corrected chi connectivity index (χ4v) is 2.71. The first kappa shape index (κ1) is 14.9. The summed E-state index contributed by atoms with van der Waals surface area (Å²) in [5.41, 5.74) is 7.88. The molecule has 2 rings (SSSR count). The summed E-state index contributed by atoms with van der Waals surface area (Å²) < 4.78 is 6.04. The van der Waals surface area contributed by atoms with E-state index in [1.54, 1.807) is 0 Å². The van der Waals surface area contributed by atoms with Gasteiger partial charge in [0.15, 0.2) is 0 Å². The molecule has 0 saturated carbocycles. The molecule has 1 aromatic carbocycles. The third-order valence-corrected chi connectivity index (χ3v) is 3.65. The van der Waals surface area contributed by atoms with Crippen molar-refractivity contribution in [2.45, 2.75) is 39.2 Å². The highest BCUT2D eigenvalue weighted by Crippen LogP contribution is 2.38. The number of rotatable bonds is 5. The second kappa shape index (κ2) is 5.83. The van der Waals surface area contributed by atoms with E-state index in [2.05, 4.69) is 25.2 Å². The molecule has 1 aromatic rings. The van der Waals surface area contributed by atoms with Crippen molar-refractivity contribution in [1.82, 2.24) is 5.32 Å². The maximum atomic E-state index is 12.0. The molecule has 4 nitrogen and oxygen atoms in total. The Kier molecular flexibility index (Phi) is 4.33. The molecule has 0 radical (unpaired) electrons. The van der Waals surface area contributed by atoms with Gasteiger partial charge in [0.1, 0.15) is 11.4 Å². The second-order valence-corrected chi connectivity index (χ2v) is 5.98. The van der Waals surface area contributed by atoms with Crippen LogP contribution in [0.5, 0.6) is 5.75 Å². The highest BCUT2D eigenvalue weighted by Gasteiger charge is 2.32. The molecule has 110 valence electrons. The smallest absolute Gasteiger partial charge is 0.224 e. The molecule has 0 bridgehead atoms. The van der Waals surface area contributed by atoms with Crippen LogP contribution in [0.2, 0.25) is 0 Å². The summed E-state index contributed by atoms with van der Waals surface area (Å²) in [6, 6.07) is 6.16. The average molecular weight is 276 g/mol. The first-order valence-electron chi connectivity index (χ1n) is 7.24. The maximum Gasteiger partial charge on any atom is 0.224 e. The first-order valence-corrected chi connectivity index (χ1v) is 7.24. The molecule has 0 aliphatic carbocycles. The van der Waals surface area contributed by atoms with Crippen LogP contribution in [-0.2, 0) is 17.6 Å². The molecule has 3 N–H and O–H groups in total. The Labute approximate surface area is 120 Å². The van der Waals surface area contributed by atoms with Crippen molar-refractivity contribution in [3.05, 3.63) is 29.3 Å². The zero-order valence-electron chi connectivity index (χ0n) is 12.5. The summed E-state index contributed by atoms with van der Waals surface area (Å²) >= 11 is 0. The predicted molar refractivity (Wildman–Crippen MR) is 79.8 cm³/mol. The van der Waals surface area contributed by atoms with Crippen LogP contribution in [0.15, 0.2) is 18.2 Å². The molecule has 1 aliphatic rings. The number of nitrogens with one attached hydrogen (secondary N) is 1. The Bertz CT molecular complexity index is 497. The van der Waals surface area contributed by atoms with Gasteiger partial charge in [-0.15, -0.1) is 0 Å². The standard InChI is InChI=1S/C16H24N2O2/c1-4-18-15(19)13(10-17)8-11-6-5-7-12-9-16(2,3)20-14(11)12/h5-7,13H,4,8-10,17H2,1-3H3,(H,18,19). The van der Waals surface area contributed by atoms with Crippen molar-refractivity contribution >= 4 is 5.91 Å². The molecule has 0 saturated heterocycles. The quantitative estimate of drug-likeness (QED) is 0.859. The summed E-state index contributed by atoms with van der Waals surface area (Å²) in [6.45, 7) is 7.06. The molecule has 0 fully saturated rings. The number of benzene rings is 1. The lowest BCUT2D eigenvalue weighted by Crippen LogP contribution is -2.36. The molecule has 1 amide bonds. The fraction of sp³-hybridized carbons (Fsp3) is 0.562. The number of nitrogens with two attached hydrogens (primary N) is 1.